The Labute approximate surface area is 190 Å². The molecule has 0 bridgehead atoms. The summed E-state index contributed by atoms with van der Waals surface area (Å²) in [5, 5.41) is 0. The number of rotatable bonds is 12. The normalized spacial score (nSPS) is 21.5. The lowest BCUT2D eigenvalue weighted by molar-refractivity contribution is -0.235. The summed E-state index contributed by atoms with van der Waals surface area (Å²) < 4.78 is 22.6. The minimum absolute atomic E-state index is 0.0301. The summed E-state index contributed by atoms with van der Waals surface area (Å²) in [6.07, 6.45) is 2.73. The number of amides is 1. The van der Waals surface area contributed by atoms with Crippen LogP contribution in [0.15, 0.2) is 48.7 Å². The van der Waals surface area contributed by atoms with Gasteiger partial charge in [0.2, 0.25) is 0 Å². The van der Waals surface area contributed by atoms with E-state index in [9.17, 15) is 4.79 Å². The highest BCUT2D eigenvalue weighted by Gasteiger charge is 2.62. The van der Waals surface area contributed by atoms with Crippen LogP contribution >= 0.6 is 0 Å². The Kier molecular flexibility index (Phi) is 8.23. The molecule has 0 N–H and O–H groups in total. The Morgan fingerprint density at radius 2 is 1.84 bits per heavy atom. The SMILES string of the molecule is COCO[C@]1(Cc2cc(OC(C)c3ccccc3)ccn2)C(=O)N(COC)[C@H]1CC(C)C. The summed E-state index contributed by atoms with van der Waals surface area (Å²) in [4.78, 5) is 19.5. The van der Waals surface area contributed by atoms with Gasteiger partial charge in [-0.2, -0.15) is 0 Å². The molecule has 0 radical (unpaired) electrons. The zero-order valence-corrected chi connectivity index (χ0v) is 19.6. The maximum absolute atomic E-state index is 13.2. The monoisotopic (exact) mass is 442 g/mol. The fourth-order valence-electron chi connectivity index (χ4n) is 4.22. The molecule has 0 aliphatic carbocycles. The second-order valence-corrected chi connectivity index (χ2v) is 8.61. The molecule has 1 unspecified atom stereocenters. The Balaban J connectivity index is 1.82. The number of carbonyl (C=O) groups excluding carboxylic acids is 1. The van der Waals surface area contributed by atoms with Crippen molar-refractivity contribution < 1.29 is 23.7 Å². The van der Waals surface area contributed by atoms with Crippen molar-refractivity contribution in [2.75, 3.05) is 27.7 Å². The molecular weight excluding hydrogens is 408 g/mol. The van der Waals surface area contributed by atoms with Gasteiger partial charge in [0.05, 0.1) is 6.04 Å². The van der Waals surface area contributed by atoms with Gasteiger partial charge in [0.1, 0.15) is 25.4 Å². The summed E-state index contributed by atoms with van der Waals surface area (Å²) in [6, 6.07) is 13.6. The van der Waals surface area contributed by atoms with Gasteiger partial charge in [0.25, 0.3) is 5.91 Å². The van der Waals surface area contributed by atoms with Crippen LogP contribution in [-0.2, 0) is 25.4 Å². The molecule has 174 valence electrons. The number of pyridine rings is 1. The molecule has 3 rings (SSSR count). The quantitative estimate of drug-likeness (QED) is 0.366. The third kappa shape index (κ3) is 5.28. The third-order valence-corrected chi connectivity index (χ3v) is 5.75. The summed E-state index contributed by atoms with van der Waals surface area (Å²) in [5.74, 6) is 0.981. The van der Waals surface area contributed by atoms with Crippen molar-refractivity contribution in [1.29, 1.82) is 0 Å². The van der Waals surface area contributed by atoms with Crippen LogP contribution in [0.4, 0.5) is 0 Å². The van der Waals surface area contributed by atoms with Crippen LogP contribution in [0.25, 0.3) is 0 Å². The molecular formula is C25H34N2O5. The molecule has 1 saturated heterocycles. The molecule has 1 fully saturated rings. The first-order chi connectivity index (χ1) is 15.4. The highest BCUT2D eigenvalue weighted by molar-refractivity contribution is 5.93. The van der Waals surface area contributed by atoms with E-state index in [0.29, 0.717) is 18.1 Å². The van der Waals surface area contributed by atoms with Crippen LogP contribution in [0, 0.1) is 5.92 Å². The van der Waals surface area contributed by atoms with Gasteiger partial charge in [-0.3, -0.25) is 9.78 Å². The number of methoxy groups -OCH3 is 2. The molecule has 2 heterocycles. The van der Waals surface area contributed by atoms with E-state index in [0.717, 1.165) is 17.7 Å². The summed E-state index contributed by atoms with van der Waals surface area (Å²) in [5.41, 5.74) is 0.792. The Bertz CT molecular complexity index is 876. The molecule has 1 aliphatic rings. The molecule has 0 spiro atoms. The first-order valence-corrected chi connectivity index (χ1v) is 11.0. The summed E-state index contributed by atoms with van der Waals surface area (Å²) >= 11 is 0. The largest absolute Gasteiger partial charge is 0.486 e. The first kappa shape index (κ1) is 24.2. The zero-order chi connectivity index (χ0) is 23.1. The van der Waals surface area contributed by atoms with Gasteiger partial charge in [-0.05, 0) is 30.9 Å². The van der Waals surface area contributed by atoms with Crippen LogP contribution in [0.3, 0.4) is 0 Å². The van der Waals surface area contributed by atoms with E-state index in [1.54, 1.807) is 25.3 Å². The van der Waals surface area contributed by atoms with E-state index < -0.39 is 5.60 Å². The van der Waals surface area contributed by atoms with Crippen LogP contribution in [0.1, 0.15) is 44.6 Å². The van der Waals surface area contributed by atoms with E-state index in [4.69, 9.17) is 18.9 Å². The van der Waals surface area contributed by atoms with Crippen molar-refractivity contribution in [3.05, 3.63) is 59.9 Å². The van der Waals surface area contributed by atoms with E-state index in [1.165, 1.54) is 0 Å². The van der Waals surface area contributed by atoms with Crippen molar-refractivity contribution in [2.24, 2.45) is 5.92 Å². The standard InChI is InChI=1S/C25H34N2O5/c1-18(2)13-23-25(31-17-30-5,24(28)27(23)16-29-4)15-21-14-22(11-12-26-21)32-19(3)20-9-7-6-8-10-20/h6-12,14,18-19,23H,13,15-17H2,1-5H3/t19?,23-,25-/m0/s1. The van der Waals surface area contributed by atoms with Crippen molar-refractivity contribution in [3.8, 4) is 5.75 Å². The number of ether oxygens (including phenoxy) is 4. The first-order valence-electron chi connectivity index (χ1n) is 11.0. The van der Waals surface area contributed by atoms with E-state index in [1.807, 2.05) is 49.4 Å². The lowest BCUT2D eigenvalue weighted by atomic mass is 9.75. The Morgan fingerprint density at radius 3 is 2.50 bits per heavy atom. The van der Waals surface area contributed by atoms with Crippen LogP contribution in [-0.4, -0.2) is 55.2 Å². The molecule has 2 aromatic rings. The number of hydrogen-bond acceptors (Lipinski definition) is 6. The van der Waals surface area contributed by atoms with Crippen molar-refractivity contribution >= 4 is 5.91 Å². The predicted molar refractivity (Wildman–Crippen MR) is 121 cm³/mol. The summed E-state index contributed by atoms with van der Waals surface area (Å²) in [7, 11) is 3.14. The molecule has 1 aromatic heterocycles. The number of hydrogen-bond donors (Lipinski definition) is 0. The number of carbonyl (C=O) groups is 1. The number of aromatic nitrogens is 1. The fourth-order valence-corrected chi connectivity index (χ4v) is 4.22. The maximum Gasteiger partial charge on any atom is 0.259 e. The van der Waals surface area contributed by atoms with Gasteiger partial charge in [0.15, 0.2) is 5.60 Å². The van der Waals surface area contributed by atoms with Crippen molar-refractivity contribution in [1.82, 2.24) is 9.88 Å². The van der Waals surface area contributed by atoms with Crippen molar-refractivity contribution in [3.63, 3.8) is 0 Å². The molecule has 32 heavy (non-hydrogen) atoms. The van der Waals surface area contributed by atoms with Crippen LogP contribution in [0.5, 0.6) is 5.75 Å². The van der Waals surface area contributed by atoms with Gasteiger partial charge < -0.3 is 23.8 Å². The van der Waals surface area contributed by atoms with Crippen LogP contribution in [0.2, 0.25) is 0 Å². The molecule has 1 amide bonds. The maximum atomic E-state index is 13.2. The van der Waals surface area contributed by atoms with Crippen molar-refractivity contribution in [2.45, 2.75) is 51.4 Å². The Morgan fingerprint density at radius 1 is 1.09 bits per heavy atom. The van der Waals surface area contributed by atoms with Crippen LogP contribution < -0.4 is 4.74 Å². The zero-order valence-electron chi connectivity index (χ0n) is 19.6. The van der Waals surface area contributed by atoms with Gasteiger partial charge in [-0.15, -0.1) is 0 Å². The Hall–Kier alpha value is -2.48. The predicted octanol–water partition coefficient (Wildman–Crippen LogP) is 3.98. The fraction of sp³-hybridized carbons (Fsp3) is 0.520. The smallest absolute Gasteiger partial charge is 0.259 e. The summed E-state index contributed by atoms with van der Waals surface area (Å²) in [6.45, 7) is 6.54. The highest BCUT2D eigenvalue weighted by atomic mass is 16.7. The number of β-lactam (4-membered cyclic amide) rings is 1. The number of benzene rings is 1. The van der Waals surface area contributed by atoms with E-state index >= 15 is 0 Å². The molecule has 3 atom stereocenters. The van der Waals surface area contributed by atoms with E-state index in [2.05, 4.69) is 18.8 Å². The van der Waals surface area contributed by atoms with Gasteiger partial charge in [-0.1, -0.05) is 44.2 Å². The average molecular weight is 443 g/mol. The molecule has 7 heteroatoms. The minimum atomic E-state index is -1.03. The minimum Gasteiger partial charge on any atom is -0.486 e. The molecule has 0 saturated carbocycles. The van der Waals surface area contributed by atoms with Gasteiger partial charge in [0, 0.05) is 38.6 Å². The topological polar surface area (TPSA) is 70.1 Å². The molecule has 1 aromatic carbocycles. The molecule has 7 nitrogen and oxygen atoms in total. The third-order valence-electron chi connectivity index (χ3n) is 5.75. The second kappa shape index (κ2) is 10.9. The van der Waals surface area contributed by atoms with E-state index in [-0.39, 0.29) is 31.6 Å². The number of nitrogens with zero attached hydrogens (tertiary/aromatic N) is 2. The number of likely N-dealkylation sites (tertiary alicyclic amines) is 1. The average Bonchev–Trinajstić information content (AvgIpc) is 2.79. The molecule has 1 aliphatic heterocycles. The lowest BCUT2D eigenvalue weighted by Gasteiger charge is -2.55. The van der Waals surface area contributed by atoms with Gasteiger partial charge >= 0.3 is 0 Å². The van der Waals surface area contributed by atoms with Gasteiger partial charge in [-0.25, -0.2) is 0 Å². The lowest BCUT2D eigenvalue weighted by Crippen LogP contribution is -2.76. The highest BCUT2D eigenvalue weighted by Crippen LogP contribution is 2.41. The second-order valence-electron chi connectivity index (χ2n) is 8.61.